The van der Waals surface area contributed by atoms with Gasteiger partial charge in [0.15, 0.2) is 0 Å². The molecule has 0 radical (unpaired) electrons. The molecule has 1 aromatic heterocycles. The fourth-order valence-electron chi connectivity index (χ4n) is 1.13. The van der Waals surface area contributed by atoms with Crippen molar-refractivity contribution in [2.75, 3.05) is 25.6 Å². The quantitative estimate of drug-likeness (QED) is 0.732. The topological polar surface area (TPSA) is 67.3 Å². The van der Waals surface area contributed by atoms with E-state index in [-0.39, 0.29) is 23.8 Å². The van der Waals surface area contributed by atoms with Gasteiger partial charge in [0, 0.05) is 26.0 Å². The fourth-order valence-corrected chi connectivity index (χ4v) is 1.73. The number of sulfone groups is 1. The standard InChI is InChI=1S/C10H13FN2O3S/c1-13(5-6-17(2,15)16)10(14)8-3-4-9(11)12-7-8/h3-4,7H,5-6H2,1-2H3. The molecule has 0 unspecified atom stereocenters. The van der Waals surface area contributed by atoms with Crippen LogP contribution in [0.15, 0.2) is 18.3 Å². The normalized spacial score (nSPS) is 11.2. The van der Waals surface area contributed by atoms with Crippen molar-refractivity contribution in [2.45, 2.75) is 0 Å². The molecule has 1 amide bonds. The second kappa shape index (κ2) is 5.22. The lowest BCUT2D eigenvalue weighted by atomic mass is 10.2. The second-order valence-electron chi connectivity index (χ2n) is 3.73. The molecule has 17 heavy (non-hydrogen) atoms. The molecule has 0 aromatic carbocycles. The molecule has 1 rings (SSSR count). The van der Waals surface area contributed by atoms with Crippen LogP contribution in [0.2, 0.25) is 0 Å². The van der Waals surface area contributed by atoms with E-state index in [2.05, 4.69) is 4.98 Å². The van der Waals surface area contributed by atoms with E-state index in [1.807, 2.05) is 0 Å². The molecule has 0 aliphatic heterocycles. The molecule has 0 N–H and O–H groups in total. The number of aromatic nitrogens is 1. The Hall–Kier alpha value is -1.50. The van der Waals surface area contributed by atoms with Crippen molar-refractivity contribution in [1.29, 1.82) is 0 Å². The van der Waals surface area contributed by atoms with Crippen LogP contribution in [-0.2, 0) is 9.84 Å². The summed E-state index contributed by atoms with van der Waals surface area (Å²) in [6.07, 6.45) is 2.22. The summed E-state index contributed by atoms with van der Waals surface area (Å²) in [6, 6.07) is 2.39. The van der Waals surface area contributed by atoms with Crippen LogP contribution in [0.5, 0.6) is 0 Å². The Balaban J connectivity index is 2.67. The van der Waals surface area contributed by atoms with Gasteiger partial charge in [-0.05, 0) is 12.1 Å². The first-order valence-electron chi connectivity index (χ1n) is 4.84. The van der Waals surface area contributed by atoms with Gasteiger partial charge in [0.1, 0.15) is 9.84 Å². The Morgan fingerprint density at radius 1 is 1.47 bits per heavy atom. The van der Waals surface area contributed by atoms with Crippen molar-refractivity contribution in [2.24, 2.45) is 0 Å². The van der Waals surface area contributed by atoms with Crippen LogP contribution >= 0.6 is 0 Å². The van der Waals surface area contributed by atoms with E-state index in [1.54, 1.807) is 0 Å². The van der Waals surface area contributed by atoms with Gasteiger partial charge in [0.2, 0.25) is 5.95 Å². The Morgan fingerprint density at radius 3 is 2.59 bits per heavy atom. The maximum absolute atomic E-state index is 12.5. The van der Waals surface area contributed by atoms with Crippen molar-refractivity contribution < 1.29 is 17.6 Å². The largest absolute Gasteiger partial charge is 0.341 e. The van der Waals surface area contributed by atoms with E-state index >= 15 is 0 Å². The predicted molar refractivity (Wildman–Crippen MR) is 60.9 cm³/mol. The summed E-state index contributed by atoms with van der Waals surface area (Å²) < 4.78 is 34.4. The number of carbonyl (C=O) groups is 1. The van der Waals surface area contributed by atoms with E-state index in [4.69, 9.17) is 0 Å². The third kappa shape index (κ3) is 4.48. The second-order valence-corrected chi connectivity index (χ2v) is 5.99. The first kappa shape index (κ1) is 13.6. The SMILES string of the molecule is CN(CCS(C)(=O)=O)C(=O)c1ccc(F)nc1. The van der Waals surface area contributed by atoms with Crippen LogP contribution in [0.1, 0.15) is 10.4 Å². The maximum Gasteiger partial charge on any atom is 0.255 e. The molecule has 0 bridgehead atoms. The van der Waals surface area contributed by atoms with Crippen molar-refractivity contribution in [3.05, 3.63) is 29.8 Å². The molecule has 0 aliphatic rings. The van der Waals surface area contributed by atoms with E-state index in [0.29, 0.717) is 0 Å². The van der Waals surface area contributed by atoms with Crippen LogP contribution < -0.4 is 0 Å². The van der Waals surface area contributed by atoms with Gasteiger partial charge >= 0.3 is 0 Å². The molecule has 0 saturated heterocycles. The summed E-state index contributed by atoms with van der Waals surface area (Å²) in [5.41, 5.74) is 0.224. The van der Waals surface area contributed by atoms with Gasteiger partial charge < -0.3 is 4.90 Å². The van der Waals surface area contributed by atoms with Crippen LogP contribution in [0.4, 0.5) is 4.39 Å². The molecule has 0 fully saturated rings. The molecule has 0 saturated carbocycles. The lowest BCUT2D eigenvalue weighted by molar-refractivity contribution is 0.0803. The highest BCUT2D eigenvalue weighted by atomic mass is 32.2. The molecule has 0 spiro atoms. The average molecular weight is 260 g/mol. The van der Waals surface area contributed by atoms with Crippen molar-refractivity contribution in [3.8, 4) is 0 Å². The summed E-state index contributed by atoms with van der Waals surface area (Å²) in [6.45, 7) is 0.0923. The third-order valence-electron chi connectivity index (χ3n) is 2.12. The van der Waals surface area contributed by atoms with Crippen LogP contribution in [0, 0.1) is 5.95 Å². The van der Waals surface area contributed by atoms with E-state index in [1.165, 1.54) is 18.0 Å². The average Bonchev–Trinajstić information content (AvgIpc) is 2.25. The number of nitrogens with zero attached hydrogens (tertiary/aromatic N) is 2. The molecular formula is C10H13FN2O3S. The van der Waals surface area contributed by atoms with Gasteiger partial charge in [0.05, 0.1) is 11.3 Å². The van der Waals surface area contributed by atoms with Crippen LogP contribution in [-0.4, -0.2) is 49.8 Å². The maximum atomic E-state index is 12.5. The molecule has 1 heterocycles. The summed E-state index contributed by atoms with van der Waals surface area (Å²) >= 11 is 0. The highest BCUT2D eigenvalue weighted by Crippen LogP contribution is 2.03. The van der Waals surface area contributed by atoms with Gasteiger partial charge in [0.25, 0.3) is 5.91 Å². The van der Waals surface area contributed by atoms with E-state index in [9.17, 15) is 17.6 Å². The van der Waals surface area contributed by atoms with E-state index < -0.39 is 15.8 Å². The summed E-state index contributed by atoms with van der Waals surface area (Å²) in [4.78, 5) is 16.4. The number of rotatable bonds is 4. The molecule has 5 nitrogen and oxygen atoms in total. The lowest BCUT2D eigenvalue weighted by Gasteiger charge is -2.16. The van der Waals surface area contributed by atoms with Gasteiger partial charge in [-0.25, -0.2) is 13.4 Å². The summed E-state index contributed by atoms with van der Waals surface area (Å²) in [5, 5.41) is 0. The number of hydrogen-bond acceptors (Lipinski definition) is 4. The van der Waals surface area contributed by atoms with Crippen LogP contribution in [0.25, 0.3) is 0 Å². The van der Waals surface area contributed by atoms with E-state index in [0.717, 1.165) is 18.5 Å². The molecule has 0 atom stereocenters. The predicted octanol–water partition coefficient (Wildman–Crippen LogP) is 0.337. The first-order chi connectivity index (χ1) is 7.79. The first-order valence-corrected chi connectivity index (χ1v) is 6.90. The monoisotopic (exact) mass is 260 g/mol. The number of amides is 1. The molecule has 1 aromatic rings. The van der Waals surface area contributed by atoms with Crippen molar-refractivity contribution in [1.82, 2.24) is 9.88 Å². The highest BCUT2D eigenvalue weighted by molar-refractivity contribution is 7.90. The van der Waals surface area contributed by atoms with Gasteiger partial charge in [-0.15, -0.1) is 0 Å². The number of carbonyl (C=O) groups excluding carboxylic acids is 1. The molecular weight excluding hydrogens is 247 g/mol. The van der Waals surface area contributed by atoms with Crippen molar-refractivity contribution >= 4 is 15.7 Å². The smallest absolute Gasteiger partial charge is 0.255 e. The number of pyridine rings is 1. The number of halogens is 1. The Labute approximate surface area is 99.2 Å². The number of hydrogen-bond donors (Lipinski definition) is 0. The highest BCUT2D eigenvalue weighted by Gasteiger charge is 2.14. The summed E-state index contributed by atoms with van der Waals surface area (Å²) in [7, 11) is -1.63. The minimum atomic E-state index is -3.11. The zero-order valence-corrected chi connectivity index (χ0v) is 10.4. The van der Waals surface area contributed by atoms with Crippen molar-refractivity contribution in [3.63, 3.8) is 0 Å². The molecule has 0 aliphatic carbocycles. The van der Waals surface area contributed by atoms with Gasteiger partial charge in [-0.1, -0.05) is 0 Å². The zero-order valence-electron chi connectivity index (χ0n) is 9.55. The third-order valence-corrected chi connectivity index (χ3v) is 3.04. The molecule has 94 valence electrons. The minimum Gasteiger partial charge on any atom is -0.341 e. The lowest BCUT2D eigenvalue weighted by Crippen LogP contribution is -2.31. The Morgan fingerprint density at radius 2 is 2.12 bits per heavy atom. The fraction of sp³-hybridized carbons (Fsp3) is 0.400. The van der Waals surface area contributed by atoms with Crippen LogP contribution in [0.3, 0.4) is 0 Å². The Bertz CT molecular complexity index is 499. The molecule has 7 heteroatoms. The van der Waals surface area contributed by atoms with Gasteiger partial charge in [-0.2, -0.15) is 4.39 Å². The minimum absolute atomic E-state index is 0.0923. The van der Waals surface area contributed by atoms with Gasteiger partial charge in [-0.3, -0.25) is 4.79 Å². The Kier molecular flexibility index (Phi) is 4.17. The zero-order chi connectivity index (χ0) is 13.1. The summed E-state index contributed by atoms with van der Waals surface area (Å²) in [5.74, 6) is -1.16.